The number of benzene rings is 1. The van der Waals surface area contributed by atoms with Crippen LogP contribution in [0.1, 0.15) is 18.9 Å². The number of amides is 2. The third-order valence-electron chi connectivity index (χ3n) is 3.53. The summed E-state index contributed by atoms with van der Waals surface area (Å²) in [7, 11) is 0. The Balaban J connectivity index is 1.92. The van der Waals surface area contributed by atoms with Crippen molar-refractivity contribution in [3.05, 3.63) is 29.8 Å². The fourth-order valence-corrected chi connectivity index (χ4v) is 2.41. The smallest absolute Gasteiger partial charge is 0.422 e. The van der Waals surface area contributed by atoms with Crippen LogP contribution in [0, 0.1) is 0 Å². The zero-order valence-corrected chi connectivity index (χ0v) is 13.4. The van der Waals surface area contributed by atoms with Crippen LogP contribution in [-0.2, 0) is 11.3 Å². The lowest BCUT2D eigenvalue weighted by Crippen LogP contribution is -2.42. The van der Waals surface area contributed by atoms with Crippen molar-refractivity contribution in [3.63, 3.8) is 0 Å². The molecular formula is C16H21F3N2O3. The molecule has 1 aromatic rings. The maximum Gasteiger partial charge on any atom is 0.422 e. The van der Waals surface area contributed by atoms with Crippen LogP contribution in [0.5, 0.6) is 5.75 Å². The number of nitrogens with zero attached hydrogens (tertiary/aromatic N) is 1. The molecule has 0 radical (unpaired) electrons. The van der Waals surface area contributed by atoms with Crippen molar-refractivity contribution in [2.75, 3.05) is 26.3 Å². The van der Waals surface area contributed by atoms with Gasteiger partial charge in [-0.25, -0.2) is 4.79 Å². The van der Waals surface area contributed by atoms with Crippen LogP contribution < -0.4 is 10.1 Å². The third-order valence-corrected chi connectivity index (χ3v) is 3.53. The number of carbonyl (C=O) groups is 1. The van der Waals surface area contributed by atoms with Gasteiger partial charge in [-0.15, -0.1) is 0 Å². The molecule has 24 heavy (non-hydrogen) atoms. The average molecular weight is 346 g/mol. The van der Waals surface area contributed by atoms with E-state index in [0.717, 1.165) is 6.42 Å². The summed E-state index contributed by atoms with van der Waals surface area (Å²) in [5.41, 5.74) is 0.495. The molecular weight excluding hydrogens is 325 g/mol. The van der Waals surface area contributed by atoms with Gasteiger partial charge >= 0.3 is 12.2 Å². The van der Waals surface area contributed by atoms with Gasteiger partial charge < -0.3 is 19.7 Å². The molecule has 0 spiro atoms. The predicted octanol–water partition coefficient (Wildman–Crippen LogP) is 2.95. The van der Waals surface area contributed by atoms with E-state index in [9.17, 15) is 18.0 Å². The standard InChI is InChI=1S/C16H21F3N2O3/c1-12-10-21(7-4-8-23-12)15(22)20-9-13-5-2-3-6-14(13)24-11-16(17,18)19/h2-3,5-6,12H,4,7-11H2,1H3,(H,20,22). The van der Waals surface area contributed by atoms with E-state index in [1.165, 1.54) is 6.07 Å². The van der Waals surface area contributed by atoms with Crippen LogP contribution in [0.25, 0.3) is 0 Å². The quantitative estimate of drug-likeness (QED) is 0.912. The van der Waals surface area contributed by atoms with Crippen molar-refractivity contribution in [3.8, 4) is 5.75 Å². The molecule has 1 atom stereocenters. The number of para-hydroxylation sites is 1. The molecule has 0 aromatic heterocycles. The van der Waals surface area contributed by atoms with Crippen molar-refractivity contribution in [1.82, 2.24) is 10.2 Å². The molecule has 1 fully saturated rings. The molecule has 1 aliphatic heterocycles. The summed E-state index contributed by atoms with van der Waals surface area (Å²) in [6.45, 7) is 2.31. The van der Waals surface area contributed by atoms with Crippen LogP contribution in [-0.4, -0.2) is 49.5 Å². The number of rotatable bonds is 4. The molecule has 5 nitrogen and oxygen atoms in total. The van der Waals surface area contributed by atoms with E-state index in [0.29, 0.717) is 25.3 Å². The van der Waals surface area contributed by atoms with Crippen LogP contribution in [0.4, 0.5) is 18.0 Å². The van der Waals surface area contributed by atoms with Crippen LogP contribution in [0.2, 0.25) is 0 Å². The first-order chi connectivity index (χ1) is 11.3. The summed E-state index contributed by atoms with van der Waals surface area (Å²) in [6.07, 6.45) is -3.69. The lowest BCUT2D eigenvalue weighted by Gasteiger charge is -2.23. The highest BCUT2D eigenvalue weighted by molar-refractivity contribution is 5.74. The summed E-state index contributed by atoms with van der Waals surface area (Å²) >= 11 is 0. The molecule has 0 aliphatic carbocycles. The third kappa shape index (κ3) is 5.92. The van der Waals surface area contributed by atoms with Gasteiger partial charge in [-0.1, -0.05) is 18.2 Å². The van der Waals surface area contributed by atoms with Crippen molar-refractivity contribution in [2.24, 2.45) is 0 Å². The van der Waals surface area contributed by atoms with E-state index >= 15 is 0 Å². The van der Waals surface area contributed by atoms with E-state index in [2.05, 4.69) is 5.32 Å². The molecule has 0 bridgehead atoms. The van der Waals surface area contributed by atoms with Gasteiger partial charge in [-0.05, 0) is 19.4 Å². The lowest BCUT2D eigenvalue weighted by molar-refractivity contribution is -0.153. The number of hydrogen-bond donors (Lipinski definition) is 1. The minimum Gasteiger partial charge on any atom is -0.484 e. The number of alkyl halides is 3. The van der Waals surface area contributed by atoms with Gasteiger partial charge in [-0.3, -0.25) is 0 Å². The first kappa shape index (κ1) is 18.4. The molecule has 1 unspecified atom stereocenters. The van der Waals surface area contributed by atoms with Gasteiger partial charge in [-0.2, -0.15) is 13.2 Å². The lowest BCUT2D eigenvalue weighted by atomic mass is 10.2. The molecule has 1 saturated heterocycles. The van der Waals surface area contributed by atoms with Crippen LogP contribution in [0.3, 0.4) is 0 Å². The Bertz CT molecular complexity index is 552. The average Bonchev–Trinajstić information content (AvgIpc) is 2.75. The fourth-order valence-electron chi connectivity index (χ4n) is 2.41. The minimum atomic E-state index is -4.40. The number of nitrogens with one attached hydrogen (secondary N) is 1. The summed E-state index contributed by atoms with van der Waals surface area (Å²) in [5.74, 6) is 0.114. The van der Waals surface area contributed by atoms with Gasteiger partial charge in [0.15, 0.2) is 6.61 Å². The second-order valence-electron chi connectivity index (χ2n) is 5.65. The Kier molecular flexibility index (Phi) is 6.30. The first-order valence-corrected chi connectivity index (χ1v) is 7.77. The number of hydrogen-bond acceptors (Lipinski definition) is 3. The number of urea groups is 1. The van der Waals surface area contributed by atoms with Crippen LogP contribution >= 0.6 is 0 Å². The monoisotopic (exact) mass is 346 g/mol. The largest absolute Gasteiger partial charge is 0.484 e. The predicted molar refractivity (Wildman–Crippen MR) is 81.8 cm³/mol. The van der Waals surface area contributed by atoms with Crippen molar-refractivity contribution >= 4 is 6.03 Å². The van der Waals surface area contributed by atoms with Gasteiger partial charge in [0.2, 0.25) is 0 Å². The van der Waals surface area contributed by atoms with Gasteiger partial charge in [0.25, 0.3) is 0 Å². The Hall–Kier alpha value is -1.96. The maximum atomic E-state index is 12.3. The Morgan fingerprint density at radius 3 is 2.92 bits per heavy atom. The summed E-state index contributed by atoms with van der Waals surface area (Å²) in [6, 6.07) is 6.09. The van der Waals surface area contributed by atoms with Gasteiger partial charge in [0, 0.05) is 31.8 Å². The van der Waals surface area contributed by atoms with Gasteiger partial charge in [0.1, 0.15) is 5.75 Å². The highest BCUT2D eigenvalue weighted by atomic mass is 19.4. The highest BCUT2D eigenvalue weighted by Gasteiger charge is 2.28. The normalized spacial score (nSPS) is 18.8. The second kappa shape index (κ2) is 8.23. The fraction of sp³-hybridized carbons (Fsp3) is 0.562. The number of carbonyl (C=O) groups excluding carboxylic acids is 1. The first-order valence-electron chi connectivity index (χ1n) is 7.77. The SMILES string of the molecule is CC1CN(C(=O)NCc2ccccc2OCC(F)(F)F)CCCO1. The second-order valence-corrected chi connectivity index (χ2v) is 5.65. The van der Waals surface area contributed by atoms with E-state index in [-0.39, 0.29) is 24.4 Å². The zero-order valence-electron chi connectivity index (χ0n) is 13.4. The zero-order chi connectivity index (χ0) is 17.6. The van der Waals surface area contributed by atoms with Crippen molar-refractivity contribution in [1.29, 1.82) is 0 Å². The van der Waals surface area contributed by atoms with Crippen molar-refractivity contribution < 1.29 is 27.4 Å². The van der Waals surface area contributed by atoms with Crippen LogP contribution in [0.15, 0.2) is 24.3 Å². The molecule has 2 rings (SSSR count). The number of halogens is 3. The number of ether oxygens (including phenoxy) is 2. The molecule has 1 heterocycles. The Labute approximate surface area is 138 Å². The maximum absolute atomic E-state index is 12.3. The van der Waals surface area contributed by atoms with Crippen molar-refractivity contribution in [2.45, 2.75) is 32.2 Å². The summed E-state index contributed by atoms with van der Waals surface area (Å²) in [4.78, 5) is 13.9. The Morgan fingerprint density at radius 2 is 2.17 bits per heavy atom. The summed E-state index contributed by atoms with van der Waals surface area (Å²) in [5, 5.41) is 2.72. The molecule has 1 N–H and O–H groups in total. The summed E-state index contributed by atoms with van der Waals surface area (Å²) < 4.78 is 47.2. The Morgan fingerprint density at radius 1 is 1.42 bits per heavy atom. The van der Waals surface area contributed by atoms with E-state index in [4.69, 9.17) is 9.47 Å². The molecule has 2 amide bonds. The molecule has 1 aliphatic rings. The molecule has 134 valence electrons. The molecule has 8 heteroatoms. The molecule has 1 aromatic carbocycles. The van der Waals surface area contributed by atoms with E-state index in [1.807, 2.05) is 6.92 Å². The van der Waals surface area contributed by atoms with E-state index in [1.54, 1.807) is 23.1 Å². The highest BCUT2D eigenvalue weighted by Crippen LogP contribution is 2.22. The minimum absolute atomic E-state index is 0.0411. The topological polar surface area (TPSA) is 50.8 Å². The van der Waals surface area contributed by atoms with Gasteiger partial charge in [0.05, 0.1) is 6.10 Å². The molecule has 0 saturated carbocycles. The van der Waals surface area contributed by atoms with E-state index < -0.39 is 12.8 Å².